The first-order valence-electron chi connectivity index (χ1n) is 6.87. The quantitative estimate of drug-likeness (QED) is 0.833. The molecule has 1 aliphatic carbocycles. The first-order chi connectivity index (χ1) is 10.4. The van der Waals surface area contributed by atoms with E-state index in [0.717, 1.165) is 25.7 Å². The number of carbonyl (C=O) groups is 1. The van der Waals surface area contributed by atoms with Crippen molar-refractivity contribution in [3.05, 3.63) is 16.6 Å². The van der Waals surface area contributed by atoms with Crippen molar-refractivity contribution in [2.75, 3.05) is 14.2 Å². The summed E-state index contributed by atoms with van der Waals surface area (Å²) in [6, 6.07) is 2.82. The summed E-state index contributed by atoms with van der Waals surface area (Å²) in [4.78, 5) is 12.0. The maximum atomic E-state index is 12.4. The van der Waals surface area contributed by atoms with E-state index in [0.29, 0.717) is 10.2 Å². The number of hydrogen-bond acceptors (Lipinski definition) is 5. The Morgan fingerprint density at radius 1 is 1.18 bits per heavy atom. The average molecular weight is 392 g/mol. The van der Waals surface area contributed by atoms with Crippen LogP contribution in [-0.2, 0) is 14.8 Å². The minimum absolute atomic E-state index is 0.0588. The van der Waals surface area contributed by atoms with Crippen LogP contribution in [0.15, 0.2) is 21.5 Å². The van der Waals surface area contributed by atoms with Crippen LogP contribution in [0.5, 0.6) is 11.5 Å². The molecule has 8 heteroatoms. The van der Waals surface area contributed by atoms with Crippen molar-refractivity contribution in [3.8, 4) is 11.5 Å². The summed E-state index contributed by atoms with van der Waals surface area (Å²) in [5.41, 5.74) is 0. The molecule has 0 radical (unpaired) electrons. The molecule has 1 aromatic rings. The van der Waals surface area contributed by atoms with Crippen LogP contribution in [0.4, 0.5) is 0 Å². The lowest BCUT2D eigenvalue weighted by molar-refractivity contribution is -0.122. The third kappa shape index (κ3) is 3.55. The molecule has 0 saturated heterocycles. The molecule has 1 amide bonds. The van der Waals surface area contributed by atoms with Gasteiger partial charge in [0.1, 0.15) is 4.90 Å². The zero-order valence-corrected chi connectivity index (χ0v) is 14.8. The summed E-state index contributed by atoms with van der Waals surface area (Å²) < 4.78 is 37.5. The predicted octanol–water partition coefficient (Wildman–Crippen LogP) is 2.46. The minimum atomic E-state index is -3.97. The summed E-state index contributed by atoms with van der Waals surface area (Å²) in [6.45, 7) is 0. The summed E-state index contributed by atoms with van der Waals surface area (Å²) in [5, 5.41) is 0. The molecule has 22 heavy (non-hydrogen) atoms. The number of rotatable bonds is 5. The number of sulfonamides is 1. The highest BCUT2D eigenvalue weighted by Crippen LogP contribution is 2.35. The van der Waals surface area contributed by atoms with E-state index in [1.807, 2.05) is 0 Å². The molecular formula is C14H18BrNO5S. The van der Waals surface area contributed by atoms with E-state index < -0.39 is 15.9 Å². The Labute approximate surface area is 138 Å². The van der Waals surface area contributed by atoms with Crippen LogP contribution in [0, 0.1) is 5.92 Å². The molecule has 1 aromatic carbocycles. The van der Waals surface area contributed by atoms with Gasteiger partial charge in [0, 0.05) is 16.5 Å². The fourth-order valence-electron chi connectivity index (χ4n) is 2.50. The smallest absolute Gasteiger partial charge is 0.265 e. The standard InChI is InChI=1S/C14H18BrNO5S/c1-20-11-7-10(15)13(8-12(11)21-2)22(18,19)16-14(17)9-5-3-4-6-9/h7-9H,3-6H2,1-2H3,(H,16,17). The molecule has 0 bridgehead atoms. The molecule has 2 rings (SSSR count). The van der Waals surface area contributed by atoms with E-state index >= 15 is 0 Å². The molecule has 1 saturated carbocycles. The Kier molecular flexibility index (Phi) is 5.33. The molecule has 0 unspecified atom stereocenters. The molecule has 0 aromatic heterocycles. The highest BCUT2D eigenvalue weighted by molar-refractivity contribution is 9.10. The first-order valence-corrected chi connectivity index (χ1v) is 9.15. The van der Waals surface area contributed by atoms with Crippen molar-refractivity contribution in [2.45, 2.75) is 30.6 Å². The van der Waals surface area contributed by atoms with E-state index in [4.69, 9.17) is 9.47 Å². The van der Waals surface area contributed by atoms with Gasteiger partial charge in [0.25, 0.3) is 10.0 Å². The zero-order valence-electron chi connectivity index (χ0n) is 12.4. The SMILES string of the molecule is COc1cc(Br)c(S(=O)(=O)NC(=O)C2CCCC2)cc1OC. The van der Waals surface area contributed by atoms with Crippen LogP contribution in [0.1, 0.15) is 25.7 Å². The number of benzene rings is 1. The molecule has 1 N–H and O–H groups in total. The Morgan fingerprint density at radius 2 is 1.73 bits per heavy atom. The number of nitrogens with one attached hydrogen (secondary N) is 1. The van der Waals surface area contributed by atoms with Crippen molar-refractivity contribution >= 4 is 31.9 Å². The highest BCUT2D eigenvalue weighted by atomic mass is 79.9. The number of hydrogen-bond donors (Lipinski definition) is 1. The Balaban J connectivity index is 2.30. The lowest BCUT2D eigenvalue weighted by atomic mass is 10.1. The average Bonchev–Trinajstić information content (AvgIpc) is 3.00. The van der Waals surface area contributed by atoms with E-state index in [-0.39, 0.29) is 16.6 Å². The third-order valence-corrected chi connectivity index (χ3v) is 5.99. The minimum Gasteiger partial charge on any atom is -0.493 e. The van der Waals surface area contributed by atoms with Gasteiger partial charge in [-0.3, -0.25) is 4.79 Å². The van der Waals surface area contributed by atoms with Gasteiger partial charge in [-0.25, -0.2) is 13.1 Å². The molecule has 0 heterocycles. The lowest BCUT2D eigenvalue weighted by Crippen LogP contribution is -2.34. The van der Waals surface area contributed by atoms with Crippen LogP contribution in [0.2, 0.25) is 0 Å². The van der Waals surface area contributed by atoms with Gasteiger partial charge in [-0.15, -0.1) is 0 Å². The monoisotopic (exact) mass is 391 g/mol. The maximum absolute atomic E-state index is 12.4. The predicted molar refractivity (Wildman–Crippen MR) is 84.5 cm³/mol. The molecule has 6 nitrogen and oxygen atoms in total. The summed E-state index contributed by atoms with van der Waals surface area (Å²) in [5.74, 6) is 0.00251. The van der Waals surface area contributed by atoms with E-state index in [2.05, 4.69) is 20.7 Å². The number of amides is 1. The van der Waals surface area contributed by atoms with Crippen LogP contribution >= 0.6 is 15.9 Å². The van der Waals surface area contributed by atoms with E-state index in [1.54, 1.807) is 0 Å². The molecule has 1 fully saturated rings. The lowest BCUT2D eigenvalue weighted by Gasteiger charge is -2.14. The van der Waals surface area contributed by atoms with Gasteiger partial charge in [-0.05, 0) is 34.8 Å². The number of ether oxygens (including phenoxy) is 2. The normalized spacial score (nSPS) is 15.6. The van der Waals surface area contributed by atoms with Gasteiger partial charge >= 0.3 is 0 Å². The molecule has 0 aliphatic heterocycles. The van der Waals surface area contributed by atoms with Gasteiger partial charge in [-0.2, -0.15) is 0 Å². The molecular weight excluding hydrogens is 374 g/mol. The van der Waals surface area contributed by atoms with Gasteiger partial charge in [0.05, 0.1) is 14.2 Å². The summed E-state index contributed by atoms with van der Waals surface area (Å²) in [6.07, 6.45) is 3.37. The van der Waals surface area contributed by atoms with Gasteiger partial charge in [-0.1, -0.05) is 12.8 Å². The zero-order chi connectivity index (χ0) is 16.3. The van der Waals surface area contributed by atoms with Crippen molar-refractivity contribution in [1.29, 1.82) is 0 Å². The topological polar surface area (TPSA) is 81.7 Å². The Hall–Kier alpha value is -1.28. The fourth-order valence-corrected chi connectivity index (χ4v) is 4.58. The number of halogens is 1. The fraction of sp³-hybridized carbons (Fsp3) is 0.500. The maximum Gasteiger partial charge on any atom is 0.265 e. The second-order valence-electron chi connectivity index (χ2n) is 5.09. The largest absolute Gasteiger partial charge is 0.493 e. The van der Waals surface area contributed by atoms with E-state index in [9.17, 15) is 13.2 Å². The molecule has 0 spiro atoms. The number of methoxy groups -OCH3 is 2. The van der Waals surface area contributed by atoms with Gasteiger partial charge < -0.3 is 9.47 Å². The second-order valence-corrected chi connectivity index (χ2v) is 7.59. The molecule has 0 atom stereocenters. The summed E-state index contributed by atoms with van der Waals surface area (Å²) in [7, 11) is -1.09. The van der Waals surface area contributed by atoms with Crippen molar-refractivity contribution in [2.24, 2.45) is 5.92 Å². The Bertz CT molecular complexity index is 668. The highest BCUT2D eigenvalue weighted by Gasteiger charge is 2.29. The van der Waals surface area contributed by atoms with Crippen LogP contribution < -0.4 is 14.2 Å². The third-order valence-electron chi connectivity index (χ3n) is 3.69. The second kappa shape index (κ2) is 6.87. The van der Waals surface area contributed by atoms with E-state index in [1.165, 1.54) is 26.4 Å². The molecule has 1 aliphatic rings. The number of carbonyl (C=O) groups excluding carboxylic acids is 1. The molecule has 122 valence electrons. The van der Waals surface area contributed by atoms with Gasteiger partial charge in [0.2, 0.25) is 5.91 Å². The summed E-state index contributed by atoms with van der Waals surface area (Å²) >= 11 is 3.19. The van der Waals surface area contributed by atoms with Crippen molar-refractivity contribution in [3.63, 3.8) is 0 Å². The first kappa shape index (κ1) is 17.1. The van der Waals surface area contributed by atoms with Crippen LogP contribution in [0.3, 0.4) is 0 Å². The van der Waals surface area contributed by atoms with Crippen molar-refractivity contribution < 1.29 is 22.7 Å². The van der Waals surface area contributed by atoms with Crippen LogP contribution in [0.25, 0.3) is 0 Å². The Morgan fingerprint density at radius 3 is 2.27 bits per heavy atom. The van der Waals surface area contributed by atoms with Gasteiger partial charge in [0.15, 0.2) is 11.5 Å². The van der Waals surface area contributed by atoms with Crippen molar-refractivity contribution in [1.82, 2.24) is 4.72 Å². The van der Waals surface area contributed by atoms with Crippen LogP contribution in [-0.4, -0.2) is 28.5 Å².